The van der Waals surface area contributed by atoms with Crippen molar-refractivity contribution in [2.24, 2.45) is 5.73 Å². The zero-order chi connectivity index (χ0) is 5.98. The Balaban J connectivity index is 2.93. The van der Waals surface area contributed by atoms with Crippen molar-refractivity contribution in [3.05, 3.63) is 22.4 Å². The van der Waals surface area contributed by atoms with Crippen molar-refractivity contribution in [2.45, 2.75) is 0 Å². The Bertz CT molecular complexity index is 180. The molecule has 0 fully saturated rings. The molecule has 0 aliphatic carbocycles. The largest absolute Gasteiger partial charge is 0.365 e. The van der Waals surface area contributed by atoms with Gasteiger partial charge in [0.2, 0.25) is 0 Å². The minimum atomic E-state index is -0.378. The van der Waals surface area contributed by atoms with E-state index in [-0.39, 0.29) is 5.91 Å². The van der Waals surface area contributed by atoms with Crippen LogP contribution in [0.3, 0.4) is 0 Å². The molecule has 1 heterocycles. The third-order valence-corrected chi connectivity index (χ3v) is 1.53. The Morgan fingerprint density at radius 1 is 1.88 bits per heavy atom. The molecular weight excluding hydrogens is 122 g/mol. The number of hydrogen-bond donors (Lipinski definition) is 1. The highest BCUT2D eigenvalue weighted by Gasteiger charge is 1.96. The fourth-order valence-electron chi connectivity index (χ4n) is 0.374. The molecule has 0 aliphatic heterocycles. The lowest BCUT2D eigenvalue weighted by molar-refractivity contribution is 0.100. The van der Waals surface area contributed by atoms with Gasteiger partial charge in [-0.25, -0.2) is 0 Å². The van der Waals surface area contributed by atoms with E-state index in [1.807, 2.05) is 0 Å². The summed E-state index contributed by atoms with van der Waals surface area (Å²) < 4.78 is 0. The molecular formula is C5H4NOS. The molecule has 0 aromatic carbocycles. The molecule has 1 rings (SSSR count). The summed E-state index contributed by atoms with van der Waals surface area (Å²) in [6.07, 6.45) is 0. The first kappa shape index (κ1) is 5.31. The van der Waals surface area contributed by atoms with E-state index in [0.29, 0.717) is 4.88 Å². The van der Waals surface area contributed by atoms with Crippen molar-refractivity contribution >= 4 is 17.2 Å². The molecule has 0 saturated carbocycles. The third-order valence-electron chi connectivity index (χ3n) is 0.714. The number of carbonyl (C=O) groups is 1. The second kappa shape index (κ2) is 1.96. The van der Waals surface area contributed by atoms with Gasteiger partial charge in [-0.2, -0.15) is 0 Å². The van der Waals surface area contributed by atoms with Crippen LogP contribution in [-0.2, 0) is 0 Å². The van der Waals surface area contributed by atoms with Gasteiger partial charge in [0.1, 0.15) is 0 Å². The van der Waals surface area contributed by atoms with E-state index in [1.54, 1.807) is 12.1 Å². The van der Waals surface area contributed by atoms with Gasteiger partial charge in [0.05, 0.1) is 4.88 Å². The van der Waals surface area contributed by atoms with Gasteiger partial charge in [0.25, 0.3) is 5.91 Å². The van der Waals surface area contributed by atoms with E-state index < -0.39 is 0 Å². The standard InChI is InChI=1S/C5H4NOS/c6-5(7)4-2-1-3-8-4/h1-2H,(H2,6,7). The zero-order valence-corrected chi connectivity index (χ0v) is 4.87. The summed E-state index contributed by atoms with van der Waals surface area (Å²) in [5.41, 5.74) is 4.91. The Labute approximate surface area is 50.9 Å². The molecule has 0 atom stereocenters. The fourth-order valence-corrected chi connectivity index (χ4v) is 0.873. The first-order valence-electron chi connectivity index (χ1n) is 2.06. The van der Waals surface area contributed by atoms with Crippen molar-refractivity contribution in [1.82, 2.24) is 0 Å². The van der Waals surface area contributed by atoms with Crippen LogP contribution >= 0.6 is 11.3 Å². The molecule has 1 amide bonds. The maximum absolute atomic E-state index is 10.3. The molecule has 2 nitrogen and oxygen atoms in total. The lowest BCUT2D eigenvalue weighted by Gasteiger charge is -1.79. The van der Waals surface area contributed by atoms with Crippen LogP contribution in [0.1, 0.15) is 9.67 Å². The molecule has 1 aromatic heterocycles. The minimum Gasteiger partial charge on any atom is -0.365 e. The average Bonchev–Trinajstić information content (AvgIpc) is 2.12. The van der Waals surface area contributed by atoms with Crippen LogP contribution in [0.5, 0.6) is 0 Å². The van der Waals surface area contributed by atoms with Gasteiger partial charge in [0.15, 0.2) is 0 Å². The van der Waals surface area contributed by atoms with Gasteiger partial charge in [-0.1, -0.05) is 0 Å². The first-order chi connectivity index (χ1) is 3.80. The number of hydrogen-bond acceptors (Lipinski definition) is 2. The van der Waals surface area contributed by atoms with E-state index in [2.05, 4.69) is 5.38 Å². The van der Waals surface area contributed by atoms with Crippen molar-refractivity contribution in [3.63, 3.8) is 0 Å². The molecule has 1 radical (unpaired) electrons. The first-order valence-corrected chi connectivity index (χ1v) is 2.88. The summed E-state index contributed by atoms with van der Waals surface area (Å²) in [6, 6.07) is 3.32. The van der Waals surface area contributed by atoms with E-state index in [9.17, 15) is 4.79 Å². The van der Waals surface area contributed by atoms with Gasteiger partial charge >= 0.3 is 0 Å². The summed E-state index contributed by atoms with van der Waals surface area (Å²) in [5, 5.41) is 2.75. The smallest absolute Gasteiger partial charge is 0.258 e. The quantitative estimate of drug-likeness (QED) is 0.589. The van der Waals surface area contributed by atoms with E-state index in [4.69, 9.17) is 5.73 Å². The predicted molar refractivity (Wildman–Crippen MR) is 31.7 cm³/mol. The van der Waals surface area contributed by atoms with Crippen molar-refractivity contribution < 1.29 is 4.79 Å². The van der Waals surface area contributed by atoms with Crippen LogP contribution in [-0.4, -0.2) is 5.91 Å². The van der Waals surface area contributed by atoms with Crippen LogP contribution < -0.4 is 5.73 Å². The van der Waals surface area contributed by atoms with Crippen molar-refractivity contribution in [3.8, 4) is 0 Å². The molecule has 2 N–H and O–H groups in total. The molecule has 0 saturated heterocycles. The summed E-state index contributed by atoms with van der Waals surface area (Å²) in [7, 11) is 0. The Morgan fingerprint density at radius 3 is 2.88 bits per heavy atom. The monoisotopic (exact) mass is 126 g/mol. The number of rotatable bonds is 1. The number of thiophene rings is 1. The number of primary amides is 1. The van der Waals surface area contributed by atoms with E-state index in [1.165, 1.54) is 11.3 Å². The molecule has 0 bridgehead atoms. The summed E-state index contributed by atoms with van der Waals surface area (Å²) in [5.74, 6) is -0.378. The molecule has 8 heavy (non-hydrogen) atoms. The second-order valence-corrected chi connectivity index (χ2v) is 2.16. The fraction of sp³-hybridized carbons (Fsp3) is 0. The number of carbonyl (C=O) groups excluding carboxylic acids is 1. The molecule has 0 spiro atoms. The Kier molecular flexibility index (Phi) is 1.30. The highest BCUT2D eigenvalue weighted by atomic mass is 32.1. The number of nitrogens with two attached hydrogens (primary N) is 1. The lowest BCUT2D eigenvalue weighted by Crippen LogP contribution is -2.07. The molecule has 41 valence electrons. The highest BCUT2D eigenvalue weighted by molar-refractivity contribution is 7.11. The van der Waals surface area contributed by atoms with Gasteiger partial charge < -0.3 is 5.73 Å². The van der Waals surface area contributed by atoms with Crippen molar-refractivity contribution in [1.29, 1.82) is 0 Å². The molecule has 1 aromatic rings. The summed E-state index contributed by atoms with van der Waals surface area (Å²) in [6.45, 7) is 0. The highest BCUT2D eigenvalue weighted by Crippen LogP contribution is 2.04. The summed E-state index contributed by atoms with van der Waals surface area (Å²) in [4.78, 5) is 10.8. The van der Waals surface area contributed by atoms with Crippen LogP contribution in [0.2, 0.25) is 0 Å². The minimum absolute atomic E-state index is 0.378. The molecule has 0 unspecified atom stereocenters. The maximum atomic E-state index is 10.3. The normalized spacial score (nSPS) is 9.00. The van der Waals surface area contributed by atoms with Gasteiger partial charge in [-0.3, -0.25) is 4.79 Å². The maximum Gasteiger partial charge on any atom is 0.258 e. The van der Waals surface area contributed by atoms with Gasteiger partial charge in [-0.15, -0.1) is 11.3 Å². The molecule has 0 aliphatic rings. The SMILES string of the molecule is NC(=O)c1cc[c]s1. The Morgan fingerprint density at radius 2 is 2.62 bits per heavy atom. The van der Waals surface area contributed by atoms with Gasteiger partial charge in [0, 0.05) is 5.38 Å². The second-order valence-electron chi connectivity index (χ2n) is 1.28. The van der Waals surface area contributed by atoms with Crippen LogP contribution in [0.25, 0.3) is 0 Å². The van der Waals surface area contributed by atoms with E-state index >= 15 is 0 Å². The van der Waals surface area contributed by atoms with Crippen molar-refractivity contribution in [2.75, 3.05) is 0 Å². The van der Waals surface area contributed by atoms with Crippen LogP contribution in [0.4, 0.5) is 0 Å². The lowest BCUT2D eigenvalue weighted by atomic mass is 10.5. The zero-order valence-electron chi connectivity index (χ0n) is 4.05. The third kappa shape index (κ3) is 0.869. The van der Waals surface area contributed by atoms with Crippen LogP contribution in [0.15, 0.2) is 12.1 Å². The Hall–Kier alpha value is -0.830. The van der Waals surface area contributed by atoms with Gasteiger partial charge in [-0.05, 0) is 12.1 Å². The summed E-state index contributed by atoms with van der Waals surface area (Å²) >= 11 is 1.23. The topological polar surface area (TPSA) is 43.1 Å². The van der Waals surface area contributed by atoms with E-state index in [0.717, 1.165) is 0 Å². The molecule has 3 heteroatoms. The average molecular weight is 126 g/mol. The predicted octanol–water partition coefficient (Wildman–Crippen LogP) is 0.647. The van der Waals surface area contributed by atoms with Crippen LogP contribution in [0, 0.1) is 5.38 Å². The number of amides is 1.